The fraction of sp³-hybridized carbons (Fsp3) is 0.417. The molecule has 0 bridgehead atoms. The van der Waals surface area contributed by atoms with Crippen molar-refractivity contribution < 1.29 is 28.0 Å². The highest BCUT2D eigenvalue weighted by Gasteiger charge is 2.47. The Morgan fingerprint density at radius 1 is 1.09 bits per heavy atom. The number of imide groups is 1. The van der Waals surface area contributed by atoms with Crippen LogP contribution in [0.4, 0.5) is 4.79 Å². The van der Waals surface area contributed by atoms with Gasteiger partial charge in [0.05, 0.1) is 38.5 Å². The number of carbonyl (C=O) groups excluding carboxylic acids is 2. The fourth-order valence-electron chi connectivity index (χ4n) is 4.81. The summed E-state index contributed by atoms with van der Waals surface area (Å²) in [6.07, 6.45) is 4.98. The van der Waals surface area contributed by atoms with E-state index in [1.54, 1.807) is 49.5 Å². The summed E-state index contributed by atoms with van der Waals surface area (Å²) >= 11 is 0. The summed E-state index contributed by atoms with van der Waals surface area (Å²) in [6, 6.07) is 8.25. The summed E-state index contributed by atoms with van der Waals surface area (Å²) in [5.41, 5.74) is 0.647. The zero-order valence-corrected chi connectivity index (χ0v) is 19.1. The van der Waals surface area contributed by atoms with Gasteiger partial charge in [-0.25, -0.2) is 4.79 Å². The third-order valence-corrected chi connectivity index (χ3v) is 6.51. The number of benzene rings is 1. The van der Waals surface area contributed by atoms with Crippen molar-refractivity contribution in [3.8, 4) is 22.9 Å². The molecule has 2 unspecified atom stereocenters. The molecule has 3 aromatic rings. The van der Waals surface area contributed by atoms with Crippen molar-refractivity contribution >= 4 is 11.9 Å². The molecule has 2 fully saturated rings. The van der Waals surface area contributed by atoms with Crippen LogP contribution in [0.25, 0.3) is 11.4 Å². The van der Waals surface area contributed by atoms with Crippen LogP contribution in [0.5, 0.6) is 11.5 Å². The smallest absolute Gasteiger partial charge is 0.327 e. The fourth-order valence-corrected chi connectivity index (χ4v) is 4.81. The summed E-state index contributed by atoms with van der Waals surface area (Å²) in [7, 11) is 3.13. The van der Waals surface area contributed by atoms with E-state index >= 15 is 0 Å². The number of ether oxygens (including phenoxy) is 2. The first kappa shape index (κ1) is 22.0. The number of methoxy groups -OCH3 is 2. The molecule has 2 atom stereocenters. The van der Waals surface area contributed by atoms with Crippen LogP contribution in [0.15, 0.2) is 45.5 Å². The van der Waals surface area contributed by atoms with Gasteiger partial charge in [-0.15, -0.1) is 0 Å². The van der Waals surface area contributed by atoms with Crippen LogP contribution in [0.2, 0.25) is 0 Å². The van der Waals surface area contributed by atoms with E-state index in [1.807, 2.05) is 0 Å². The number of fused-ring (bicyclic) bond motifs is 1. The number of aromatic nitrogens is 2. The second-order valence-corrected chi connectivity index (χ2v) is 8.45. The lowest BCUT2D eigenvalue weighted by molar-refractivity contribution is -0.141. The zero-order valence-electron chi connectivity index (χ0n) is 19.1. The maximum atomic E-state index is 13.4. The van der Waals surface area contributed by atoms with Gasteiger partial charge in [0.15, 0.2) is 0 Å². The maximum absolute atomic E-state index is 13.4. The Morgan fingerprint density at radius 3 is 2.71 bits per heavy atom. The van der Waals surface area contributed by atoms with Gasteiger partial charge >= 0.3 is 6.03 Å². The molecule has 5 rings (SSSR count). The Morgan fingerprint density at radius 2 is 1.94 bits per heavy atom. The Balaban J connectivity index is 1.41. The van der Waals surface area contributed by atoms with Crippen molar-refractivity contribution in [2.24, 2.45) is 5.92 Å². The molecule has 3 amide bonds. The van der Waals surface area contributed by atoms with E-state index in [1.165, 1.54) is 11.2 Å². The highest BCUT2D eigenvalue weighted by molar-refractivity contribution is 5.98. The van der Waals surface area contributed by atoms with Crippen LogP contribution >= 0.6 is 0 Å². The third kappa shape index (κ3) is 4.00. The van der Waals surface area contributed by atoms with E-state index in [0.29, 0.717) is 28.6 Å². The minimum Gasteiger partial charge on any atom is -0.497 e. The first-order valence-electron chi connectivity index (χ1n) is 11.3. The van der Waals surface area contributed by atoms with Gasteiger partial charge in [0, 0.05) is 12.1 Å². The average Bonchev–Trinajstić information content (AvgIpc) is 3.56. The minimum atomic E-state index is -0.369. The Bertz CT molecular complexity index is 1170. The normalized spacial score (nSPS) is 20.4. The Labute approximate surface area is 196 Å². The minimum absolute atomic E-state index is 0.0997. The molecule has 0 radical (unpaired) electrons. The molecule has 10 heteroatoms. The predicted molar refractivity (Wildman–Crippen MR) is 119 cm³/mol. The van der Waals surface area contributed by atoms with Crippen molar-refractivity contribution in [1.82, 2.24) is 19.9 Å². The van der Waals surface area contributed by atoms with Crippen LogP contribution < -0.4 is 9.47 Å². The number of nitrogens with zero attached hydrogens (tertiary/aromatic N) is 4. The molecule has 1 aliphatic heterocycles. The number of carbonyl (C=O) groups is 2. The van der Waals surface area contributed by atoms with Crippen molar-refractivity contribution in [3.63, 3.8) is 0 Å². The van der Waals surface area contributed by atoms with E-state index in [0.717, 1.165) is 25.7 Å². The van der Waals surface area contributed by atoms with Crippen LogP contribution in [0.3, 0.4) is 0 Å². The van der Waals surface area contributed by atoms with Gasteiger partial charge < -0.3 is 23.3 Å². The third-order valence-electron chi connectivity index (χ3n) is 6.51. The number of amides is 3. The summed E-state index contributed by atoms with van der Waals surface area (Å²) < 4.78 is 21.6. The van der Waals surface area contributed by atoms with E-state index in [2.05, 4.69) is 10.1 Å². The van der Waals surface area contributed by atoms with Crippen molar-refractivity contribution in [3.05, 3.63) is 48.2 Å². The highest BCUT2D eigenvalue weighted by Crippen LogP contribution is 2.36. The summed E-state index contributed by atoms with van der Waals surface area (Å²) in [4.78, 5) is 34.1. The molecule has 34 heavy (non-hydrogen) atoms. The lowest BCUT2D eigenvalue weighted by Gasteiger charge is -2.46. The molecule has 1 saturated heterocycles. The number of urea groups is 1. The molecule has 2 aliphatic rings. The monoisotopic (exact) mass is 466 g/mol. The lowest BCUT2D eigenvalue weighted by Crippen LogP contribution is -2.61. The molecule has 0 spiro atoms. The van der Waals surface area contributed by atoms with Crippen molar-refractivity contribution in [2.75, 3.05) is 14.2 Å². The highest BCUT2D eigenvalue weighted by atomic mass is 16.5. The molecule has 1 aliphatic carbocycles. The van der Waals surface area contributed by atoms with Gasteiger partial charge in [0.25, 0.3) is 0 Å². The molecular formula is C24H26N4O6. The summed E-state index contributed by atoms with van der Waals surface area (Å²) in [6.45, 7) is 0.218. The van der Waals surface area contributed by atoms with E-state index in [-0.39, 0.29) is 42.9 Å². The van der Waals surface area contributed by atoms with Gasteiger partial charge in [-0.2, -0.15) is 4.98 Å². The largest absolute Gasteiger partial charge is 0.497 e. The SMILES string of the molecule is COc1ccc(-c2noc(CN3C(=O)N(Cc4ccco4)C(=O)C4CCCCC43)n2)c(OC)c1. The van der Waals surface area contributed by atoms with Crippen molar-refractivity contribution in [2.45, 2.75) is 44.8 Å². The van der Waals surface area contributed by atoms with Gasteiger partial charge in [0.1, 0.15) is 23.8 Å². The molecule has 1 saturated carbocycles. The van der Waals surface area contributed by atoms with Crippen LogP contribution in [0, 0.1) is 5.92 Å². The zero-order chi connectivity index (χ0) is 23.7. The number of hydrogen-bond acceptors (Lipinski definition) is 8. The molecule has 10 nitrogen and oxygen atoms in total. The topological polar surface area (TPSA) is 111 Å². The second-order valence-electron chi connectivity index (χ2n) is 8.45. The van der Waals surface area contributed by atoms with Crippen LogP contribution in [-0.2, 0) is 17.9 Å². The molecule has 2 aromatic heterocycles. The van der Waals surface area contributed by atoms with Crippen LogP contribution in [0.1, 0.15) is 37.3 Å². The summed E-state index contributed by atoms with van der Waals surface area (Å²) in [5, 5.41) is 4.10. The predicted octanol–water partition coefficient (Wildman–Crippen LogP) is 3.87. The first-order chi connectivity index (χ1) is 16.6. The van der Waals surface area contributed by atoms with Crippen molar-refractivity contribution in [1.29, 1.82) is 0 Å². The van der Waals surface area contributed by atoms with E-state index < -0.39 is 0 Å². The maximum Gasteiger partial charge on any atom is 0.327 e. The Hall–Kier alpha value is -3.82. The summed E-state index contributed by atoms with van der Waals surface area (Å²) in [5.74, 6) is 2.00. The van der Waals surface area contributed by atoms with Crippen LogP contribution in [-0.4, -0.2) is 52.1 Å². The molecular weight excluding hydrogens is 440 g/mol. The lowest BCUT2D eigenvalue weighted by atomic mass is 9.81. The van der Waals surface area contributed by atoms with E-state index in [9.17, 15) is 9.59 Å². The Kier molecular flexibility index (Phi) is 5.95. The number of hydrogen-bond donors (Lipinski definition) is 0. The average molecular weight is 466 g/mol. The standard InChI is InChI=1S/C24H26N4O6/c1-31-15-9-10-18(20(12-15)32-2)22-25-21(34-26-22)14-27-19-8-4-3-7-17(19)23(29)28(24(27)30)13-16-6-5-11-33-16/h5-6,9-12,17,19H,3-4,7-8,13-14H2,1-2H3. The van der Waals surface area contributed by atoms with Gasteiger partial charge in [-0.1, -0.05) is 18.0 Å². The molecule has 0 N–H and O–H groups in total. The molecule has 178 valence electrons. The quantitative estimate of drug-likeness (QED) is 0.516. The molecule has 3 heterocycles. The first-order valence-corrected chi connectivity index (χ1v) is 11.3. The number of rotatable bonds is 7. The van der Waals surface area contributed by atoms with Gasteiger partial charge in [-0.3, -0.25) is 9.69 Å². The van der Waals surface area contributed by atoms with Gasteiger partial charge in [-0.05, 0) is 37.1 Å². The van der Waals surface area contributed by atoms with Gasteiger partial charge in [0.2, 0.25) is 17.6 Å². The van der Waals surface area contributed by atoms with E-state index in [4.69, 9.17) is 18.4 Å². The second kappa shape index (κ2) is 9.20. The number of furan rings is 1. The molecule has 1 aromatic carbocycles.